The molecular weight excluding hydrogens is 491 g/mol. The first kappa shape index (κ1) is 26.0. The van der Waals surface area contributed by atoms with Crippen LogP contribution in [0.4, 0.5) is 21.5 Å². The maximum absolute atomic E-state index is 13.8. The Hall–Kier alpha value is -4.62. The van der Waals surface area contributed by atoms with Crippen molar-refractivity contribution in [3.63, 3.8) is 0 Å². The van der Waals surface area contributed by atoms with E-state index in [1.165, 1.54) is 12.1 Å². The van der Waals surface area contributed by atoms with Crippen molar-refractivity contribution in [3.8, 4) is 0 Å². The van der Waals surface area contributed by atoms with Crippen LogP contribution in [0.1, 0.15) is 27.4 Å². The fraction of sp³-hybridized carbons (Fsp3) is 0.156. The third-order valence-corrected chi connectivity index (χ3v) is 6.64. The molecule has 0 bridgehead atoms. The zero-order chi connectivity index (χ0) is 27.4. The summed E-state index contributed by atoms with van der Waals surface area (Å²) in [5.74, 6) is -1.42. The van der Waals surface area contributed by atoms with Crippen molar-refractivity contribution in [1.29, 1.82) is 0 Å². The van der Waals surface area contributed by atoms with Crippen LogP contribution < -0.4 is 10.2 Å². The Kier molecular flexibility index (Phi) is 7.61. The van der Waals surface area contributed by atoms with E-state index in [1.54, 1.807) is 11.0 Å². The van der Waals surface area contributed by atoms with E-state index in [4.69, 9.17) is 4.99 Å². The highest BCUT2D eigenvalue weighted by Gasteiger charge is 2.35. The molecule has 1 atom stereocenters. The summed E-state index contributed by atoms with van der Waals surface area (Å²) in [5.41, 5.74) is 4.52. The van der Waals surface area contributed by atoms with Crippen molar-refractivity contribution in [2.75, 3.05) is 37.4 Å². The van der Waals surface area contributed by atoms with E-state index in [9.17, 15) is 14.0 Å². The maximum atomic E-state index is 13.8. The molecule has 0 saturated carbocycles. The molecule has 0 spiro atoms. The van der Waals surface area contributed by atoms with Crippen molar-refractivity contribution < 1.29 is 14.0 Å². The standard InChI is InChI=1S/C32H29FN4O2/c1-36(2)19-20-37(32(39)23-11-7-4-8-12-23)26-16-14-25(15-17-26)34-30(22-9-5-3-6-10-22)29-27-18-13-24(33)21-28(27)35-31(29)38/h3-18,21,29H,19-20H2,1-2H3,(H,35,38). The third-order valence-electron chi connectivity index (χ3n) is 6.64. The Morgan fingerprint density at radius 1 is 0.846 bits per heavy atom. The number of anilines is 2. The van der Waals surface area contributed by atoms with Gasteiger partial charge in [0.05, 0.1) is 11.4 Å². The molecule has 0 saturated heterocycles. The van der Waals surface area contributed by atoms with Gasteiger partial charge in [0.2, 0.25) is 5.91 Å². The van der Waals surface area contributed by atoms with E-state index < -0.39 is 11.7 Å². The predicted octanol–water partition coefficient (Wildman–Crippen LogP) is 5.89. The molecule has 1 heterocycles. The van der Waals surface area contributed by atoms with Crippen LogP contribution in [0, 0.1) is 5.82 Å². The van der Waals surface area contributed by atoms with Gasteiger partial charge in [-0.15, -0.1) is 0 Å². The first-order chi connectivity index (χ1) is 18.9. The Balaban J connectivity index is 1.51. The minimum atomic E-state index is -0.682. The zero-order valence-electron chi connectivity index (χ0n) is 21.8. The number of rotatable bonds is 8. The molecular formula is C32H29FN4O2. The van der Waals surface area contributed by atoms with Crippen molar-refractivity contribution in [1.82, 2.24) is 4.90 Å². The molecule has 196 valence electrons. The van der Waals surface area contributed by atoms with E-state index in [2.05, 4.69) is 5.32 Å². The lowest BCUT2D eigenvalue weighted by molar-refractivity contribution is -0.115. The van der Waals surface area contributed by atoms with Crippen LogP contribution in [0.3, 0.4) is 0 Å². The van der Waals surface area contributed by atoms with Crippen molar-refractivity contribution in [2.24, 2.45) is 4.99 Å². The molecule has 0 radical (unpaired) electrons. The summed E-state index contributed by atoms with van der Waals surface area (Å²) in [4.78, 5) is 35.1. The minimum Gasteiger partial charge on any atom is -0.325 e. The van der Waals surface area contributed by atoms with Crippen molar-refractivity contribution in [3.05, 3.63) is 126 Å². The number of hydrogen-bond acceptors (Lipinski definition) is 4. The first-order valence-electron chi connectivity index (χ1n) is 12.8. The van der Waals surface area contributed by atoms with E-state index in [-0.39, 0.29) is 11.8 Å². The second kappa shape index (κ2) is 11.4. The number of aliphatic imine (C=N–C) groups is 1. The van der Waals surface area contributed by atoms with Gasteiger partial charge in [0.25, 0.3) is 5.91 Å². The van der Waals surface area contributed by atoms with Gasteiger partial charge in [-0.25, -0.2) is 4.39 Å². The molecule has 1 aliphatic heterocycles. The van der Waals surface area contributed by atoms with Crippen LogP contribution >= 0.6 is 0 Å². The van der Waals surface area contributed by atoms with E-state index in [1.807, 2.05) is 104 Å². The highest BCUT2D eigenvalue weighted by Crippen LogP contribution is 2.37. The maximum Gasteiger partial charge on any atom is 0.258 e. The van der Waals surface area contributed by atoms with Crippen LogP contribution in [0.25, 0.3) is 0 Å². The average Bonchev–Trinajstić information content (AvgIpc) is 3.27. The number of halogens is 1. The van der Waals surface area contributed by atoms with E-state index >= 15 is 0 Å². The number of carbonyl (C=O) groups excluding carboxylic acids is 2. The number of fused-ring (bicyclic) bond motifs is 1. The topological polar surface area (TPSA) is 65.0 Å². The van der Waals surface area contributed by atoms with Crippen molar-refractivity contribution >= 4 is 34.6 Å². The molecule has 5 rings (SSSR count). The summed E-state index contributed by atoms with van der Waals surface area (Å²) < 4.78 is 13.8. The quantitative estimate of drug-likeness (QED) is 0.295. The lowest BCUT2D eigenvalue weighted by atomic mass is 9.90. The average molecular weight is 521 g/mol. The normalized spacial score (nSPS) is 14.7. The zero-order valence-corrected chi connectivity index (χ0v) is 21.8. The summed E-state index contributed by atoms with van der Waals surface area (Å²) >= 11 is 0. The number of benzene rings is 4. The Morgan fingerprint density at radius 2 is 1.49 bits per heavy atom. The monoisotopic (exact) mass is 520 g/mol. The molecule has 6 nitrogen and oxygen atoms in total. The molecule has 1 aliphatic rings. The lowest BCUT2D eigenvalue weighted by Gasteiger charge is -2.25. The fourth-order valence-electron chi connectivity index (χ4n) is 4.64. The summed E-state index contributed by atoms with van der Waals surface area (Å²) in [5, 5.41) is 2.79. The Bertz CT molecular complexity index is 1500. The van der Waals surface area contributed by atoms with Crippen LogP contribution in [0.5, 0.6) is 0 Å². The molecule has 4 aromatic carbocycles. The van der Waals surface area contributed by atoms with Gasteiger partial charge in [0.15, 0.2) is 0 Å². The molecule has 1 unspecified atom stereocenters. The summed E-state index contributed by atoms with van der Waals surface area (Å²) in [6.45, 7) is 1.22. The van der Waals surface area contributed by atoms with Gasteiger partial charge in [0, 0.05) is 30.0 Å². The lowest BCUT2D eigenvalue weighted by Crippen LogP contribution is -2.36. The fourth-order valence-corrected chi connectivity index (χ4v) is 4.64. The number of amides is 2. The van der Waals surface area contributed by atoms with E-state index in [0.29, 0.717) is 41.3 Å². The van der Waals surface area contributed by atoms with Crippen LogP contribution in [-0.4, -0.2) is 49.6 Å². The number of likely N-dealkylation sites (N-methyl/N-ethyl adjacent to an activating group) is 1. The molecule has 39 heavy (non-hydrogen) atoms. The number of carbonyl (C=O) groups is 2. The van der Waals surface area contributed by atoms with Crippen LogP contribution in [-0.2, 0) is 4.79 Å². The molecule has 0 aromatic heterocycles. The highest BCUT2D eigenvalue weighted by molar-refractivity contribution is 6.24. The van der Waals surface area contributed by atoms with Gasteiger partial charge in [-0.2, -0.15) is 0 Å². The highest BCUT2D eigenvalue weighted by atomic mass is 19.1. The number of nitrogens with one attached hydrogen (secondary N) is 1. The van der Waals surface area contributed by atoms with Gasteiger partial charge < -0.3 is 15.1 Å². The van der Waals surface area contributed by atoms with Gasteiger partial charge in [-0.1, -0.05) is 54.6 Å². The SMILES string of the molecule is CN(C)CCN(C(=O)c1ccccc1)c1ccc(N=C(c2ccccc2)C2C(=O)Nc3cc(F)ccc32)cc1. The van der Waals surface area contributed by atoms with Gasteiger partial charge in [-0.3, -0.25) is 14.6 Å². The number of nitrogens with zero attached hydrogens (tertiary/aromatic N) is 3. The second-order valence-corrected chi connectivity index (χ2v) is 9.66. The molecule has 4 aromatic rings. The molecule has 0 fully saturated rings. The molecule has 0 aliphatic carbocycles. The van der Waals surface area contributed by atoms with Crippen LogP contribution in [0.15, 0.2) is 108 Å². The number of hydrogen-bond donors (Lipinski definition) is 1. The van der Waals surface area contributed by atoms with Gasteiger partial charge in [0.1, 0.15) is 11.7 Å². The van der Waals surface area contributed by atoms with Crippen molar-refractivity contribution in [2.45, 2.75) is 5.92 Å². The predicted molar refractivity (Wildman–Crippen MR) is 154 cm³/mol. The smallest absolute Gasteiger partial charge is 0.258 e. The van der Waals surface area contributed by atoms with Gasteiger partial charge >= 0.3 is 0 Å². The van der Waals surface area contributed by atoms with E-state index in [0.717, 1.165) is 11.3 Å². The van der Waals surface area contributed by atoms with Crippen LogP contribution in [0.2, 0.25) is 0 Å². The second-order valence-electron chi connectivity index (χ2n) is 9.66. The Labute approximate surface area is 227 Å². The molecule has 7 heteroatoms. The largest absolute Gasteiger partial charge is 0.325 e. The Morgan fingerprint density at radius 3 is 2.13 bits per heavy atom. The minimum absolute atomic E-state index is 0.0786. The molecule has 1 N–H and O–H groups in total. The summed E-state index contributed by atoms with van der Waals surface area (Å²) in [6, 6.07) is 30.5. The summed E-state index contributed by atoms with van der Waals surface area (Å²) in [6.07, 6.45) is 0. The molecule has 2 amide bonds. The van der Waals surface area contributed by atoms with Gasteiger partial charge in [-0.05, 0) is 73.8 Å². The first-order valence-corrected chi connectivity index (χ1v) is 12.8. The summed E-state index contributed by atoms with van der Waals surface area (Å²) in [7, 11) is 3.94. The third kappa shape index (κ3) is 5.78.